The molecule has 92 valence electrons. The maximum absolute atomic E-state index is 5.13. The minimum atomic E-state index is 0.331. The van der Waals surface area contributed by atoms with Crippen LogP contribution in [0.3, 0.4) is 0 Å². The van der Waals surface area contributed by atoms with Crippen molar-refractivity contribution in [3.63, 3.8) is 0 Å². The molecule has 0 heterocycles. The molecule has 0 radical (unpaired) electrons. The molecule has 2 unspecified atom stereocenters. The van der Waals surface area contributed by atoms with Gasteiger partial charge in [0.2, 0.25) is 0 Å². The second-order valence-electron chi connectivity index (χ2n) is 5.46. The van der Waals surface area contributed by atoms with Crippen molar-refractivity contribution in [1.82, 2.24) is 5.32 Å². The Balaban J connectivity index is 3.81. The third kappa shape index (κ3) is 6.91. The standard InChI is InChI=1S/C13H29NO/c1-7-11(2)12(3)14-10-13(4,5)8-9-15-6/h11-12,14H,7-10H2,1-6H3. The van der Waals surface area contributed by atoms with Crippen molar-refractivity contribution in [2.45, 2.75) is 53.5 Å². The molecule has 0 aromatic heterocycles. The molecular formula is C13H29NO. The quantitative estimate of drug-likeness (QED) is 0.672. The zero-order valence-corrected chi connectivity index (χ0v) is 11.4. The molecule has 0 saturated carbocycles. The fraction of sp³-hybridized carbons (Fsp3) is 1.00. The molecule has 2 nitrogen and oxygen atoms in total. The lowest BCUT2D eigenvalue weighted by atomic mass is 9.88. The minimum absolute atomic E-state index is 0.331. The van der Waals surface area contributed by atoms with Gasteiger partial charge in [-0.3, -0.25) is 0 Å². The van der Waals surface area contributed by atoms with Crippen LogP contribution in [0, 0.1) is 11.3 Å². The number of nitrogens with one attached hydrogen (secondary N) is 1. The maximum Gasteiger partial charge on any atom is 0.0467 e. The molecular weight excluding hydrogens is 186 g/mol. The first kappa shape index (κ1) is 14.9. The van der Waals surface area contributed by atoms with Crippen molar-refractivity contribution >= 4 is 0 Å². The van der Waals surface area contributed by atoms with Crippen molar-refractivity contribution in [1.29, 1.82) is 0 Å². The summed E-state index contributed by atoms with van der Waals surface area (Å²) in [6.07, 6.45) is 2.36. The Morgan fingerprint density at radius 3 is 2.33 bits per heavy atom. The second-order valence-corrected chi connectivity index (χ2v) is 5.46. The SMILES string of the molecule is CCC(C)C(C)NCC(C)(C)CCOC. The van der Waals surface area contributed by atoms with Crippen LogP contribution in [-0.4, -0.2) is 26.3 Å². The number of rotatable bonds is 8. The molecule has 0 aliphatic heterocycles. The van der Waals surface area contributed by atoms with Crippen molar-refractivity contribution in [3.8, 4) is 0 Å². The van der Waals surface area contributed by atoms with E-state index in [1.807, 2.05) is 0 Å². The van der Waals surface area contributed by atoms with Crippen molar-refractivity contribution in [3.05, 3.63) is 0 Å². The topological polar surface area (TPSA) is 21.3 Å². The lowest BCUT2D eigenvalue weighted by Gasteiger charge is -2.29. The molecule has 0 bridgehead atoms. The Kier molecular flexibility index (Phi) is 7.20. The van der Waals surface area contributed by atoms with Gasteiger partial charge in [-0.2, -0.15) is 0 Å². The van der Waals surface area contributed by atoms with Crippen molar-refractivity contribution < 1.29 is 4.74 Å². The summed E-state index contributed by atoms with van der Waals surface area (Å²) in [5.74, 6) is 0.753. The normalized spacial score (nSPS) is 16.4. The number of methoxy groups -OCH3 is 1. The average molecular weight is 215 g/mol. The highest BCUT2D eigenvalue weighted by atomic mass is 16.5. The molecule has 0 rings (SSSR count). The predicted octanol–water partition coefficient (Wildman–Crippen LogP) is 3.07. The van der Waals surface area contributed by atoms with Gasteiger partial charge in [0.05, 0.1) is 0 Å². The highest BCUT2D eigenvalue weighted by Crippen LogP contribution is 2.19. The van der Waals surface area contributed by atoms with E-state index in [0.29, 0.717) is 11.5 Å². The van der Waals surface area contributed by atoms with Crippen LogP contribution < -0.4 is 5.32 Å². The van der Waals surface area contributed by atoms with Crippen LogP contribution in [-0.2, 0) is 4.74 Å². The van der Waals surface area contributed by atoms with Gasteiger partial charge in [0, 0.05) is 26.3 Å². The minimum Gasteiger partial charge on any atom is -0.385 e. The van der Waals surface area contributed by atoms with Gasteiger partial charge in [0.25, 0.3) is 0 Å². The molecule has 0 aliphatic rings. The molecule has 0 amide bonds. The summed E-state index contributed by atoms with van der Waals surface area (Å²) >= 11 is 0. The second kappa shape index (κ2) is 7.24. The molecule has 0 aromatic carbocycles. The van der Waals surface area contributed by atoms with Crippen LogP contribution in [0.15, 0.2) is 0 Å². The van der Waals surface area contributed by atoms with E-state index < -0.39 is 0 Å². The smallest absolute Gasteiger partial charge is 0.0467 e. The van der Waals surface area contributed by atoms with E-state index >= 15 is 0 Å². The molecule has 0 aromatic rings. The Hall–Kier alpha value is -0.0800. The van der Waals surface area contributed by atoms with Crippen LogP contribution in [0.2, 0.25) is 0 Å². The van der Waals surface area contributed by atoms with E-state index in [-0.39, 0.29) is 0 Å². The van der Waals surface area contributed by atoms with Crippen molar-refractivity contribution in [2.75, 3.05) is 20.3 Å². The lowest BCUT2D eigenvalue weighted by Crippen LogP contribution is -2.39. The van der Waals surface area contributed by atoms with E-state index in [4.69, 9.17) is 4.74 Å². The van der Waals surface area contributed by atoms with Gasteiger partial charge in [-0.05, 0) is 24.7 Å². The molecule has 2 heteroatoms. The van der Waals surface area contributed by atoms with Gasteiger partial charge < -0.3 is 10.1 Å². The Labute approximate surface area is 95.8 Å². The maximum atomic E-state index is 5.13. The lowest BCUT2D eigenvalue weighted by molar-refractivity contribution is 0.147. The fourth-order valence-corrected chi connectivity index (χ4v) is 1.46. The van der Waals surface area contributed by atoms with E-state index in [1.54, 1.807) is 7.11 Å². The van der Waals surface area contributed by atoms with Crippen LogP contribution >= 0.6 is 0 Å². The molecule has 0 aliphatic carbocycles. The van der Waals surface area contributed by atoms with Crippen LogP contribution in [0.1, 0.15) is 47.5 Å². The summed E-state index contributed by atoms with van der Waals surface area (Å²) in [6, 6.07) is 0.608. The highest BCUT2D eigenvalue weighted by molar-refractivity contribution is 4.75. The summed E-state index contributed by atoms with van der Waals surface area (Å²) in [4.78, 5) is 0. The van der Waals surface area contributed by atoms with Gasteiger partial charge in [-0.25, -0.2) is 0 Å². The third-order valence-corrected chi connectivity index (χ3v) is 3.38. The number of hydrogen-bond donors (Lipinski definition) is 1. The third-order valence-electron chi connectivity index (χ3n) is 3.38. The van der Waals surface area contributed by atoms with Gasteiger partial charge in [-0.1, -0.05) is 34.1 Å². The zero-order valence-electron chi connectivity index (χ0n) is 11.4. The monoisotopic (exact) mass is 215 g/mol. The average Bonchev–Trinajstić information content (AvgIpc) is 2.22. The summed E-state index contributed by atoms with van der Waals surface area (Å²) in [7, 11) is 1.77. The summed E-state index contributed by atoms with van der Waals surface area (Å²) in [6.45, 7) is 13.3. The predicted molar refractivity (Wildman–Crippen MR) is 67.2 cm³/mol. The molecule has 15 heavy (non-hydrogen) atoms. The summed E-state index contributed by atoms with van der Waals surface area (Å²) < 4.78 is 5.13. The molecule has 2 atom stereocenters. The molecule has 1 N–H and O–H groups in total. The Morgan fingerprint density at radius 1 is 1.27 bits per heavy atom. The van der Waals surface area contributed by atoms with Gasteiger partial charge >= 0.3 is 0 Å². The van der Waals surface area contributed by atoms with Crippen LogP contribution in [0.5, 0.6) is 0 Å². The fourth-order valence-electron chi connectivity index (χ4n) is 1.46. The zero-order chi connectivity index (χ0) is 11.9. The van der Waals surface area contributed by atoms with E-state index in [1.165, 1.54) is 6.42 Å². The molecule has 0 saturated heterocycles. The number of hydrogen-bond acceptors (Lipinski definition) is 2. The first-order chi connectivity index (χ1) is 6.93. The highest BCUT2D eigenvalue weighted by Gasteiger charge is 2.19. The Bertz CT molecular complexity index is 157. The van der Waals surface area contributed by atoms with Crippen molar-refractivity contribution in [2.24, 2.45) is 11.3 Å². The van der Waals surface area contributed by atoms with Crippen LogP contribution in [0.4, 0.5) is 0 Å². The van der Waals surface area contributed by atoms with E-state index in [2.05, 4.69) is 39.9 Å². The first-order valence-electron chi connectivity index (χ1n) is 6.15. The number of ether oxygens (including phenoxy) is 1. The van der Waals surface area contributed by atoms with E-state index in [9.17, 15) is 0 Å². The van der Waals surface area contributed by atoms with Gasteiger partial charge in [0.1, 0.15) is 0 Å². The summed E-state index contributed by atoms with van der Waals surface area (Å²) in [5.41, 5.74) is 0.331. The largest absolute Gasteiger partial charge is 0.385 e. The molecule has 0 spiro atoms. The van der Waals surface area contributed by atoms with Crippen LogP contribution in [0.25, 0.3) is 0 Å². The van der Waals surface area contributed by atoms with E-state index in [0.717, 1.165) is 25.5 Å². The Morgan fingerprint density at radius 2 is 1.87 bits per heavy atom. The van der Waals surface area contributed by atoms with Gasteiger partial charge in [-0.15, -0.1) is 0 Å². The van der Waals surface area contributed by atoms with Gasteiger partial charge in [0.15, 0.2) is 0 Å². The molecule has 0 fully saturated rings. The first-order valence-corrected chi connectivity index (χ1v) is 6.15. The summed E-state index contributed by atoms with van der Waals surface area (Å²) in [5, 5.41) is 3.63.